The van der Waals surface area contributed by atoms with Crippen LogP contribution in [0.2, 0.25) is 0 Å². The molecule has 5 heteroatoms. The van der Waals surface area contributed by atoms with Gasteiger partial charge in [-0.15, -0.1) is 0 Å². The van der Waals surface area contributed by atoms with Crippen molar-refractivity contribution in [3.05, 3.63) is 24.5 Å². The highest BCUT2D eigenvalue weighted by Crippen LogP contribution is 2.23. The van der Waals surface area contributed by atoms with Crippen molar-refractivity contribution >= 4 is 24.2 Å². The van der Waals surface area contributed by atoms with E-state index < -0.39 is 0 Å². The third kappa shape index (κ3) is 2.71. The Kier molecular flexibility index (Phi) is 3.38. The van der Waals surface area contributed by atoms with Crippen molar-refractivity contribution in [2.75, 3.05) is 20.1 Å². The molecule has 1 saturated heterocycles. The van der Waals surface area contributed by atoms with Crippen molar-refractivity contribution < 1.29 is 4.74 Å². The average Bonchev–Trinajstić information content (AvgIpc) is 2.42. The Balaban J connectivity index is 1.86. The maximum Gasteiger partial charge on any atom is 0.224 e. The molecule has 3 rings (SSSR count). The maximum atomic E-state index is 6.09. The Hall–Kier alpha value is -1.62. The summed E-state index contributed by atoms with van der Waals surface area (Å²) in [7, 11) is 4.23. The summed E-state index contributed by atoms with van der Waals surface area (Å²) < 4.78 is 6.09. The highest BCUT2D eigenvalue weighted by atomic mass is 16.5. The summed E-state index contributed by atoms with van der Waals surface area (Å²) in [4.78, 5) is 10.9. The van der Waals surface area contributed by atoms with Gasteiger partial charge in [0.1, 0.15) is 20.3 Å². The Bertz CT molecular complexity index is 582. The largest absolute Gasteiger partial charge is 0.474 e. The highest BCUT2D eigenvalue weighted by Gasteiger charge is 2.19. The van der Waals surface area contributed by atoms with Crippen LogP contribution in [0.5, 0.6) is 5.88 Å². The first-order chi connectivity index (χ1) is 9.22. The third-order valence-electron chi connectivity index (χ3n) is 3.70. The van der Waals surface area contributed by atoms with Gasteiger partial charge in [0.25, 0.3) is 0 Å². The number of fused-ring (bicyclic) bond motifs is 1. The van der Waals surface area contributed by atoms with Gasteiger partial charge < -0.3 is 9.64 Å². The van der Waals surface area contributed by atoms with Crippen molar-refractivity contribution in [1.82, 2.24) is 14.9 Å². The topological polar surface area (TPSA) is 38.3 Å². The van der Waals surface area contributed by atoms with Crippen molar-refractivity contribution in [2.24, 2.45) is 0 Å². The van der Waals surface area contributed by atoms with Crippen LogP contribution in [0.4, 0.5) is 0 Å². The molecule has 1 aromatic heterocycles. The smallest absolute Gasteiger partial charge is 0.224 e. The van der Waals surface area contributed by atoms with E-state index in [0.717, 1.165) is 42.7 Å². The first-order valence-corrected chi connectivity index (χ1v) is 6.79. The molecule has 1 aliphatic rings. The van der Waals surface area contributed by atoms with E-state index in [2.05, 4.69) is 41.9 Å². The second kappa shape index (κ2) is 5.17. The molecule has 2 aromatic rings. The lowest BCUT2D eigenvalue weighted by molar-refractivity contribution is 0.111. The van der Waals surface area contributed by atoms with Gasteiger partial charge >= 0.3 is 0 Å². The van der Waals surface area contributed by atoms with Crippen LogP contribution in [0.1, 0.15) is 12.8 Å². The highest BCUT2D eigenvalue weighted by molar-refractivity contribution is 6.33. The van der Waals surface area contributed by atoms with Gasteiger partial charge in [-0.05, 0) is 26.0 Å². The molecule has 0 spiro atoms. The number of hydrogen-bond acceptors (Lipinski definition) is 4. The number of nitrogens with zero attached hydrogens (tertiary/aromatic N) is 3. The van der Waals surface area contributed by atoms with Gasteiger partial charge in [0.2, 0.25) is 5.88 Å². The summed E-state index contributed by atoms with van der Waals surface area (Å²) in [5.74, 6) is 0.725. The van der Waals surface area contributed by atoms with Crippen LogP contribution < -0.4 is 10.2 Å². The molecular formula is C14H18BN3O. The van der Waals surface area contributed by atoms with E-state index in [9.17, 15) is 0 Å². The SMILES string of the molecule is Bc1ccc2ncnc(OC3CCN(C)CC3)c2c1. The van der Waals surface area contributed by atoms with Crippen LogP contribution in [0, 0.1) is 0 Å². The minimum Gasteiger partial charge on any atom is -0.474 e. The fourth-order valence-corrected chi connectivity index (χ4v) is 2.50. The normalized spacial score (nSPS) is 17.7. The summed E-state index contributed by atoms with van der Waals surface area (Å²) in [5, 5.41) is 1.02. The lowest BCUT2D eigenvalue weighted by Gasteiger charge is -2.29. The maximum absolute atomic E-state index is 6.09. The van der Waals surface area contributed by atoms with E-state index >= 15 is 0 Å². The molecular weight excluding hydrogens is 237 g/mol. The molecule has 0 aliphatic carbocycles. The zero-order valence-electron chi connectivity index (χ0n) is 11.5. The summed E-state index contributed by atoms with van der Waals surface area (Å²) in [6.45, 7) is 2.18. The zero-order chi connectivity index (χ0) is 13.2. The third-order valence-corrected chi connectivity index (χ3v) is 3.70. The van der Waals surface area contributed by atoms with Gasteiger partial charge in [-0.2, -0.15) is 0 Å². The van der Waals surface area contributed by atoms with E-state index in [1.165, 1.54) is 5.46 Å². The average molecular weight is 255 g/mol. The first kappa shape index (κ1) is 12.4. The van der Waals surface area contributed by atoms with E-state index in [0.29, 0.717) is 0 Å². The zero-order valence-corrected chi connectivity index (χ0v) is 11.5. The summed E-state index contributed by atoms with van der Waals surface area (Å²) in [6.07, 6.45) is 3.98. The van der Waals surface area contributed by atoms with Gasteiger partial charge in [0, 0.05) is 13.1 Å². The minimum absolute atomic E-state index is 0.273. The van der Waals surface area contributed by atoms with Crippen LogP contribution in [0.25, 0.3) is 10.9 Å². The Labute approximate surface area is 114 Å². The fraction of sp³-hybridized carbons (Fsp3) is 0.429. The van der Waals surface area contributed by atoms with Crippen molar-refractivity contribution in [1.29, 1.82) is 0 Å². The number of aromatic nitrogens is 2. The van der Waals surface area contributed by atoms with Gasteiger partial charge in [0.05, 0.1) is 10.9 Å². The number of rotatable bonds is 2. The van der Waals surface area contributed by atoms with Gasteiger partial charge in [-0.1, -0.05) is 17.6 Å². The molecule has 4 nitrogen and oxygen atoms in total. The predicted octanol–water partition coefficient (Wildman–Crippen LogP) is 0.361. The standard InChI is InChI=1S/C14H18BN3O/c1-18-6-4-11(5-7-18)19-14-12-8-10(15)2-3-13(12)16-9-17-14/h2-3,8-9,11H,4-7,15H2,1H3. The molecule has 98 valence electrons. The van der Waals surface area contributed by atoms with Gasteiger partial charge in [-0.3, -0.25) is 0 Å². The van der Waals surface area contributed by atoms with Crippen LogP contribution in [0.3, 0.4) is 0 Å². The Morgan fingerprint density at radius 3 is 2.84 bits per heavy atom. The summed E-state index contributed by atoms with van der Waals surface area (Å²) >= 11 is 0. The number of ether oxygens (including phenoxy) is 1. The van der Waals surface area contributed by atoms with Crippen molar-refractivity contribution in [3.63, 3.8) is 0 Å². The number of hydrogen-bond donors (Lipinski definition) is 0. The summed E-state index contributed by atoms with van der Waals surface area (Å²) in [6, 6.07) is 6.18. The monoisotopic (exact) mass is 255 g/mol. The fourth-order valence-electron chi connectivity index (χ4n) is 2.50. The molecule has 2 heterocycles. The molecule has 0 atom stereocenters. The molecule has 0 N–H and O–H groups in total. The second-order valence-corrected chi connectivity index (χ2v) is 5.32. The number of benzene rings is 1. The van der Waals surface area contributed by atoms with Gasteiger partial charge in [-0.25, -0.2) is 9.97 Å². The summed E-state index contributed by atoms with van der Waals surface area (Å²) in [5.41, 5.74) is 2.15. The Morgan fingerprint density at radius 2 is 2.05 bits per heavy atom. The number of piperidine rings is 1. The van der Waals surface area contributed by atoms with Crippen LogP contribution in [-0.2, 0) is 0 Å². The quantitative estimate of drug-likeness (QED) is 0.726. The second-order valence-electron chi connectivity index (χ2n) is 5.32. The molecule has 0 unspecified atom stereocenters. The first-order valence-electron chi connectivity index (χ1n) is 6.79. The molecule has 1 aromatic carbocycles. The van der Waals surface area contributed by atoms with Crippen molar-refractivity contribution in [2.45, 2.75) is 18.9 Å². The van der Waals surface area contributed by atoms with Crippen molar-refractivity contribution in [3.8, 4) is 5.88 Å². The van der Waals surface area contributed by atoms with Gasteiger partial charge in [0.15, 0.2) is 0 Å². The molecule has 0 bridgehead atoms. The van der Waals surface area contributed by atoms with E-state index in [1.54, 1.807) is 6.33 Å². The van der Waals surface area contributed by atoms with Crippen LogP contribution in [0.15, 0.2) is 24.5 Å². The molecule has 1 fully saturated rings. The van der Waals surface area contributed by atoms with E-state index in [4.69, 9.17) is 4.74 Å². The molecule has 1 aliphatic heterocycles. The number of likely N-dealkylation sites (tertiary alicyclic amines) is 1. The Morgan fingerprint density at radius 1 is 1.26 bits per heavy atom. The lowest BCUT2D eigenvalue weighted by atomic mass is 9.95. The molecule has 0 radical (unpaired) electrons. The lowest BCUT2D eigenvalue weighted by Crippen LogP contribution is -2.35. The molecule has 0 amide bonds. The predicted molar refractivity (Wildman–Crippen MR) is 78.9 cm³/mol. The molecule has 19 heavy (non-hydrogen) atoms. The van der Waals surface area contributed by atoms with E-state index in [-0.39, 0.29) is 6.10 Å². The van der Waals surface area contributed by atoms with Crippen LogP contribution in [-0.4, -0.2) is 49.0 Å². The minimum atomic E-state index is 0.273. The van der Waals surface area contributed by atoms with E-state index in [1.807, 2.05) is 6.07 Å². The molecule has 0 saturated carbocycles. The van der Waals surface area contributed by atoms with Crippen LogP contribution >= 0.6 is 0 Å².